The van der Waals surface area contributed by atoms with E-state index in [1.807, 2.05) is 41.5 Å². The van der Waals surface area contributed by atoms with Crippen LogP contribution >= 0.6 is 0 Å². The number of aliphatic hydroxyl groups is 1. The van der Waals surface area contributed by atoms with Crippen LogP contribution in [0.3, 0.4) is 0 Å². The number of fused-ring (bicyclic) bond motifs is 1. The summed E-state index contributed by atoms with van der Waals surface area (Å²) in [6.45, 7) is 11.7. The van der Waals surface area contributed by atoms with Crippen LogP contribution < -0.4 is 21.7 Å². The monoisotopic (exact) mass is 535 g/mol. The van der Waals surface area contributed by atoms with Crippen LogP contribution in [-0.4, -0.2) is 76.5 Å². The molecule has 0 aromatic carbocycles. The Morgan fingerprint density at radius 2 is 1.68 bits per heavy atom. The highest BCUT2D eigenvalue weighted by Crippen LogP contribution is 2.43. The lowest BCUT2D eigenvalue weighted by atomic mass is 9.85. The summed E-state index contributed by atoms with van der Waals surface area (Å²) in [5.41, 5.74) is 5.46. The van der Waals surface area contributed by atoms with E-state index < -0.39 is 41.6 Å². The highest BCUT2D eigenvalue weighted by Gasteiger charge is 2.52. The van der Waals surface area contributed by atoms with E-state index in [1.165, 1.54) is 0 Å². The van der Waals surface area contributed by atoms with Gasteiger partial charge in [-0.3, -0.25) is 19.2 Å². The molecule has 0 aromatic rings. The van der Waals surface area contributed by atoms with Gasteiger partial charge in [-0.1, -0.05) is 54.4 Å². The lowest BCUT2D eigenvalue weighted by Gasteiger charge is -2.37. The van der Waals surface area contributed by atoms with Crippen molar-refractivity contribution in [1.82, 2.24) is 20.9 Å². The van der Waals surface area contributed by atoms with Gasteiger partial charge >= 0.3 is 0 Å². The molecule has 3 rings (SSSR count). The summed E-state index contributed by atoms with van der Waals surface area (Å²) in [6, 6.07) is -2.96. The third kappa shape index (κ3) is 7.05. The van der Waals surface area contributed by atoms with Gasteiger partial charge in [-0.25, -0.2) is 0 Å². The van der Waals surface area contributed by atoms with E-state index in [9.17, 15) is 24.3 Å². The highest BCUT2D eigenvalue weighted by molar-refractivity contribution is 5.94. The molecule has 2 aliphatic carbocycles. The molecule has 4 amide bonds. The maximum Gasteiger partial charge on any atom is 0.251 e. The van der Waals surface area contributed by atoms with Crippen LogP contribution in [0.15, 0.2) is 0 Å². The molecule has 1 saturated heterocycles. The zero-order valence-corrected chi connectivity index (χ0v) is 24.0. The van der Waals surface area contributed by atoms with E-state index in [0.29, 0.717) is 19.4 Å². The van der Waals surface area contributed by atoms with Crippen molar-refractivity contribution in [3.8, 4) is 0 Å². The number of likely N-dealkylation sites (tertiary alicyclic amines) is 1. The summed E-state index contributed by atoms with van der Waals surface area (Å²) in [7, 11) is 0. The van der Waals surface area contributed by atoms with Crippen LogP contribution in [0.25, 0.3) is 0 Å². The lowest BCUT2D eigenvalue weighted by molar-refractivity contribution is -0.145. The molecule has 1 heterocycles. The van der Waals surface area contributed by atoms with Crippen LogP contribution in [0.5, 0.6) is 0 Å². The second kappa shape index (κ2) is 12.3. The van der Waals surface area contributed by atoms with Gasteiger partial charge in [0.15, 0.2) is 6.10 Å². The first-order chi connectivity index (χ1) is 17.8. The Kier molecular flexibility index (Phi) is 9.84. The van der Waals surface area contributed by atoms with Gasteiger partial charge in [-0.2, -0.15) is 0 Å². The number of rotatable bonds is 11. The number of hydrogen-bond donors (Lipinski definition) is 5. The molecule has 2 saturated carbocycles. The quantitative estimate of drug-likeness (QED) is 0.267. The minimum Gasteiger partial charge on any atom is -0.381 e. The predicted octanol–water partition coefficient (Wildman–Crippen LogP) is 1.05. The van der Waals surface area contributed by atoms with E-state index in [1.54, 1.807) is 4.90 Å². The number of hydrogen-bond acceptors (Lipinski definition) is 6. The average Bonchev–Trinajstić information content (AvgIpc) is 3.40. The van der Waals surface area contributed by atoms with Gasteiger partial charge in [0, 0.05) is 12.6 Å². The first-order valence-corrected chi connectivity index (χ1v) is 14.4. The summed E-state index contributed by atoms with van der Waals surface area (Å²) >= 11 is 0. The van der Waals surface area contributed by atoms with E-state index in [2.05, 4.69) is 16.0 Å². The minimum absolute atomic E-state index is 0.00732. The first kappa shape index (κ1) is 30.3. The van der Waals surface area contributed by atoms with Crippen molar-refractivity contribution in [2.24, 2.45) is 28.9 Å². The first-order valence-electron chi connectivity index (χ1n) is 14.4. The zero-order valence-electron chi connectivity index (χ0n) is 24.0. The number of aliphatic hydroxyl groups excluding tert-OH is 1. The van der Waals surface area contributed by atoms with Crippen molar-refractivity contribution in [3.05, 3.63) is 0 Å². The Morgan fingerprint density at radius 1 is 1.03 bits per heavy atom. The second-order valence-corrected chi connectivity index (χ2v) is 13.0. The van der Waals surface area contributed by atoms with Crippen molar-refractivity contribution in [3.63, 3.8) is 0 Å². The van der Waals surface area contributed by atoms with Gasteiger partial charge in [0.1, 0.15) is 12.1 Å². The number of carbonyl (C=O) groups is 4. The Bertz CT molecular complexity index is 883. The average molecular weight is 536 g/mol. The number of carbonyl (C=O) groups excluding carboxylic acids is 4. The summed E-state index contributed by atoms with van der Waals surface area (Å²) in [4.78, 5) is 54.8. The molecular weight excluding hydrogens is 486 g/mol. The molecule has 7 atom stereocenters. The fourth-order valence-electron chi connectivity index (χ4n) is 5.81. The maximum atomic E-state index is 14.0. The van der Waals surface area contributed by atoms with Gasteiger partial charge < -0.3 is 31.7 Å². The molecule has 10 heteroatoms. The minimum atomic E-state index is -1.36. The molecule has 0 spiro atoms. The third-order valence-electron chi connectivity index (χ3n) is 8.36. The Balaban J connectivity index is 1.81. The Hall–Kier alpha value is -2.20. The van der Waals surface area contributed by atoms with Crippen molar-refractivity contribution < 1.29 is 24.3 Å². The van der Waals surface area contributed by atoms with Crippen molar-refractivity contribution in [2.75, 3.05) is 6.54 Å². The standard InChI is InChI=1S/C28H49N5O5/c1-7-9-19(22(34)26(37)30-17-12-13-17)31-25(36)21-18-11-8-10-16(18)14-33(21)27(38)23(28(4,5)6)32-24(35)20(29)15(2)3/h15-23,34H,7-14,29H2,1-6H3,(H,30,37)(H,31,36)(H,32,35)/t16-,18-,19?,20-,21-,22?,23-/m0/s1. The van der Waals surface area contributed by atoms with Gasteiger partial charge in [0.25, 0.3) is 5.91 Å². The summed E-state index contributed by atoms with van der Waals surface area (Å²) in [5.74, 6) is -1.38. The lowest BCUT2D eigenvalue weighted by Crippen LogP contribution is -2.61. The van der Waals surface area contributed by atoms with Crippen LogP contribution in [0.2, 0.25) is 0 Å². The largest absolute Gasteiger partial charge is 0.381 e. The molecule has 10 nitrogen and oxygen atoms in total. The summed E-state index contributed by atoms with van der Waals surface area (Å²) in [6.07, 6.45) is 4.32. The summed E-state index contributed by atoms with van der Waals surface area (Å²) in [5, 5.41) is 19.4. The van der Waals surface area contributed by atoms with Gasteiger partial charge in [0.05, 0.1) is 12.1 Å². The van der Waals surface area contributed by atoms with Gasteiger partial charge in [-0.05, 0) is 55.3 Å². The Morgan fingerprint density at radius 3 is 2.24 bits per heavy atom. The highest BCUT2D eigenvalue weighted by atomic mass is 16.3. The SMILES string of the molecule is CCCC(NC(=O)[C@@H]1[C@H]2CCC[C@H]2CN1C(=O)[C@H](NC(=O)[C@@H](N)C(C)C)C(C)(C)C)C(O)C(=O)NC1CC1. The number of amides is 4. The fraction of sp³-hybridized carbons (Fsp3) is 0.857. The van der Waals surface area contributed by atoms with Gasteiger partial charge in [-0.15, -0.1) is 0 Å². The third-order valence-corrected chi connectivity index (χ3v) is 8.36. The fourth-order valence-corrected chi connectivity index (χ4v) is 5.81. The maximum absolute atomic E-state index is 14.0. The molecule has 6 N–H and O–H groups in total. The molecule has 0 radical (unpaired) electrons. The van der Waals surface area contributed by atoms with Crippen LogP contribution in [0.4, 0.5) is 0 Å². The van der Waals surface area contributed by atoms with E-state index in [4.69, 9.17) is 5.73 Å². The molecule has 1 aliphatic heterocycles. The van der Waals surface area contributed by atoms with Crippen molar-refractivity contribution >= 4 is 23.6 Å². The van der Waals surface area contributed by atoms with Crippen LogP contribution in [-0.2, 0) is 19.2 Å². The van der Waals surface area contributed by atoms with E-state index in [0.717, 1.165) is 32.1 Å². The Labute approximate surface area is 227 Å². The molecule has 2 unspecified atom stereocenters. The van der Waals surface area contributed by atoms with Crippen LogP contribution in [0, 0.1) is 23.2 Å². The molecule has 0 aromatic heterocycles. The number of nitrogens with zero attached hydrogens (tertiary/aromatic N) is 1. The smallest absolute Gasteiger partial charge is 0.251 e. The van der Waals surface area contributed by atoms with E-state index in [-0.39, 0.29) is 41.5 Å². The van der Waals surface area contributed by atoms with Crippen molar-refractivity contribution in [2.45, 2.75) is 123 Å². The van der Waals surface area contributed by atoms with Crippen LogP contribution in [0.1, 0.15) is 86.5 Å². The molecule has 38 heavy (non-hydrogen) atoms. The van der Waals surface area contributed by atoms with E-state index >= 15 is 0 Å². The zero-order chi connectivity index (χ0) is 28.4. The molecular formula is C28H49N5O5. The predicted molar refractivity (Wildman–Crippen MR) is 145 cm³/mol. The molecule has 3 aliphatic rings. The number of nitrogens with two attached hydrogens (primary N) is 1. The second-order valence-electron chi connectivity index (χ2n) is 13.0. The van der Waals surface area contributed by atoms with Gasteiger partial charge in [0.2, 0.25) is 17.7 Å². The number of nitrogens with one attached hydrogen (secondary N) is 3. The topological polar surface area (TPSA) is 154 Å². The summed E-state index contributed by atoms with van der Waals surface area (Å²) < 4.78 is 0. The molecule has 0 bridgehead atoms. The van der Waals surface area contributed by atoms with Crippen molar-refractivity contribution in [1.29, 1.82) is 0 Å². The molecule has 216 valence electrons. The normalized spacial score (nSPS) is 26.3. The molecule has 3 fully saturated rings.